The fraction of sp³-hybridized carbons (Fsp3) is 0.379. The van der Waals surface area contributed by atoms with Crippen molar-refractivity contribution in [1.82, 2.24) is 24.4 Å². The molecule has 5 heterocycles. The van der Waals surface area contributed by atoms with Gasteiger partial charge in [0.2, 0.25) is 0 Å². The van der Waals surface area contributed by atoms with Gasteiger partial charge in [-0.1, -0.05) is 12.1 Å². The van der Waals surface area contributed by atoms with E-state index >= 15 is 0 Å². The van der Waals surface area contributed by atoms with Gasteiger partial charge in [0.25, 0.3) is 0 Å². The Bertz CT molecular complexity index is 1520. The topological polar surface area (TPSA) is 113 Å². The zero-order valence-electron chi connectivity index (χ0n) is 22.5. The third-order valence-electron chi connectivity index (χ3n) is 7.46. The molecule has 0 aliphatic carbocycles. The molecule has 11 heteroatoms. The Labute approximate surface area is 231 Å². The van der Waals surface area contributed by atoms with E-state index in [1.165, 1.54) is 18.5 Å². The highest BCUT2D eigenvalue weighted by atomic mass is 19.2. The molecule has 2 aliphatic heterocycles. The summed E-state index contributed by atoms with van der Waals surface area (Å²) >= 11 is 0. The van der Waals surface area contributed by atoms with E-state index in [0.717, 1.165) is 86.1 Å². The number of hydrogen-bond acceptors (Lipinski definition) is 7. The Morgan fingerprint density at radius 1 is 1.05 bits per heavy atom. The summed E-state index contributed by atoms with van der Waals surface area (Å²) in [6.45, 7) is 7.18. The molecule has 210 valence electrons. The highest BCUT2D eigenvalue weighted by Crippen LogP contribution is 2.35. The Hall–Kier alpha value is -3.96. The molecule has 0 atom stereocenters. The number of halogens is 2. The lowest BCUT2D eigenvalue weighted by molar-refractivity contribution is 0.0697. The smallest absolute Gasteiger partial charge is 0.339 e. The first kappa shape index (κ1) is 27.6. The number of piperazine rings is 1. The molecular formula is C29H33F2N7O2. The first-order chi connectivity index (χ1) is 19.4. The van der Waals surface area contributed by atoms with Gasteiger partial charge < -0.3 is 20.3 Å². The molecule has 3 N–H and O–H groups in total. The second kappa shape index (κ2) is 12.1. The summed E-state index contributed by atoms with van der Waals surface area (Å²) in [5.41, 5.74) is 10.6. The second-order valence-electron chi connectivity index (χ2n) is 10.1. The molecule has 9 nitrogen and oxygen atoms in total. The van der Waals surface area contributed by atoms with Crippen molar-refractivity contribution in [2.45, 2.75) is 39.3 Å². The van der Waals surface area contributed by atoms with Gasteiger partial charge >= 0.3 is 5.97 Å². The number of carboxylic acid groups (broad SMARTS) is 1. The van der Waals surface area contributed by atoms with Crippen molar-refractivity contribution >= 4 is 22.8 Å². The van der Waals surface area contributed by atoms with E-state index in [-0.39, 0.29) is 0 Å². The molecule has 3 aromatic heterocycles. The number of rotatable bonds is 6. The molecular weight excluding hydrogens is 516 g/mol. The standard InChI is InChI=1S/C22H23F2N5O2.C7H10N2/c23-15-4-3-14(12-16(15)24)5-7-27-8-10-28(11-9-27)21-20-19(25-13-26-21)18(22(30)31)17-2-1-6-29(17)20;1-6-3-2-4-7(5-8)9-6/h3-4,12-13H,1-2,5-11H2,(H,30,31);2-4H,5,8H2,1H3. The molecule has 40 heavy (non-hydrogen) atoms. The lowest BCUT2D eigenvalue weighted by Gasteiger charge is -2.35. The number of hydrogen-bond donors (Lipinski definition) is 2. The molecule has 0 amide bonds. The first-order valence-electron chi connectivity index (χ1n) is 13.5. The number of benzene rings is 1. The Balaban J connectivity index is 0.000000306. The zero-order valence-corrected chi connectivity index (χ0v) is 22.5. The molecule has 0 saturated carbocycles. The highest BCUT2D eigenvalue weighted by Gasteiger charge is 2.30. The lowest BCUT2D eigenvalue weighted by atomic mass is 10.1. The summed E-state index contributed by atoms with van der Waals surface area (Å²) in [6, 6.07) is 9.90. The van der Waals surface area contributed by atoms with Gasteiger partial charge in [0.15, 0.2) is 17.5 Å². The van der Waals surface area contributed by atoms with Gasteiger partial charge in [0.1, 0.15) is 22.9 Å². The quantitative estimate of drug-likeness (QED) is 0.375. The first-order valence-corrected chi connectivity index (χ1v) is 13.5. The molecule has 4 aromatic rings. The van der Waals surface area contributed by atoms with Crippen molar-refractivity contribution in [2.75, 3.05) is 37.6 Å². The minimum absolute atomic E-state index is 0.307. The van der Waals surface area contributed by atoms with E-state index in [1.807, 2.05) is 25.1 Å². The van der Waals surface area contributed by atoms with Crippen LogP contribution in [0.5, 0.6) is 0 Å². The highest BCUT2D eigenvalue weighted by molar-refractivity contribution is 6.06. The minimum Gasteiger partial charge on any atom is -0.478 e. The van der Waals surface area contributed by atoms with Crippen LogP contribution in [0.4, 0.5) is 14.6 Å². The predicted molar refractivity (Wildman–Crippen MR) is 148 cm³/mol. The van der Waals surface area contributed by atoms with E-state index in [9.17, 15) is 18.7 Å². The van der Waals surface area contributed by atoms with Crippen molar-refractivity contribution in [2.24, 2.45) is 5.73 Å². The maximum atomic E-state index is 13.4. The normalized spacial score (nSPS) is 15.2. The monoisotopic (exact) mass is 549 g/mol. The Morgan fingerprint density at radius 2 is 1.85 bits per heavy atom. The van der Waals surface area contributed by atoms with Crippen LogP contribution in [0, 0.1) is 18.6 Å². The van der Waals surface area contributed by atoms with Crippen LogP contribution in [-0.4, -0.2) is 68.2 Å². The summed E-state index contributed by atoms with van der Waals surface area (Å²) in [6.07, 6.45) is 3.78. The number of fused-ring (bicyclic) bond motifs is 3. The number of anilines is 1. The van der Waals surface area contributed by atoms with Gasteiger partial charge in [-0.2, -0.15) is 0 Å². The minimum atomic E-state index is -0.938. The summed E-state index contributed by atoms with van der Waals surface area (Å²) < 4.78 is 28.6. The van der Waals surface area contributed by atoms with Gasteiger partial charge in [0, 0.05) is 57.2 Å². The number of carbonyl (C=O) groups is 1. The molecule has 1 saturated heterocycles. The number of carboxylic acids is 1. The van der Waals surface area contributed by atoms with E-state index in [1.54, 1.807) is 6.07 Å². The van der Waals surface area contributed by atoms with Crippen LogP contribution in [0.3, 0.4) is 0 Å². The van der Waals surface area contributed by atoms with Gasteiger partial charge in [-0.05, 0) is 56.0 Å². The zero-order chi connectivity index (χ0) is 28.2. The van der Waals surface area contributed by atoms with Crippen molar-refractivity contribution in [3.05, 3.63) is 82.6 Å². The lowest BCUT2D eigenvalue weighted by Crippen LogP contribution is -2.47. The number of nitrogens with zero attached hydrogens (tertiary/aromatic N) is 6. The Morgan fingerprint density at radius 3 is 2.52 bits per heavy atom. The fourth-order valence-electron chi connectivity index (χ4n) is 5.45. The second-order valence-corrected chi connectivity index (χ2v) is 10.1. The van der Waals surface area contributed by atoms with Crippen LogP contribution in [-0.2, 0) is 25.9 Å². The predicted octanol–water partition coefficient (Wildman–Crippen LogP) is 3.57. The molecule has 0 bridgehead atoms. The largest absolute Gasteiger partial charge is 0.478 e. The number of pyridine rings is 1. The van der Waals surface area contributed by atoms with Crippen molar-refractivity contribution < 1.29 is 18.7 Å². The SMILES string of the molecule is Cc1cccc(CN)n1.O=C(O)c1c2n(c3c(N4CCN(CCc5ccc(F)c(F)c5)CC4)ncnc13)CCC2. The van der Waals surface area contributed by atoms with Crippen LogP contribution in [0.2, 0.25) is 0 Å². The van der Waals surface area contributed by atoms with Crippen LogP contribution in [0.1, 0.15) is 39.4 Å². The third-order valence-corrected chi connectivity index (χ3v) is 7.46. The molecule has 2 aliphatic rings. The molecule has 6 rings (SSSR count). The molecule has 1 fully saturated rings. The van der Waals surface area contributed by atoms with Gasteiger partial charge in [0.05, 0.1) is 5.69 Å². The summed E-state index contributed by atoms with van der Waals surface area (Å²) in [7, 11) is 0. The van der Waals surface area contributed by atoms with E-state index in [4.69, 9.17) is 5.73 Å². The van der Waals surface area contributed by atoms with Crippen LogP contribution >= 0.6 is 0 Å². The van der Waals surface area contributed by atoms with Crippen LogP contribution < -0.4 is 10.6 Å². The van der Waals surface area contributed by atoms with Crippen molar-refractivity contribution in [1.29, 1.82) is 0 Å². The fourth-order valence-corrected chi connectivity index (χ4v) is 5.45. The average molecular weight is 550 g/mol. The average Bonchev–Trinajstić information content (AvgIpc) is 3.55. The molecule has 0 unspecified atom stereocenters. The maximum absolute atomic E-state index is 13.4. The molecule has 1 aromatic carbocycles. The number of nitrogens with two attached hydrogens (primary N) is 1. The summed E-state index contributed by atoms with van der Waals surface area (Å²) in [5, 5.41) is 9.72. The summed E-state index contributed by atoms with van der Waals surface area (Å²) in [4.78, 5) is 29.3. The van der Waals surface area contributed by atoms with Gasteiger partial charge in [-0.15, -0.1) is 0 Å². The Kier molecular flexibility index (Phi) is 8.32. The number of aromatic nitrogens is 4. The van der Waals surface area contributed by atoms with Gasteiger partial charge in [-0.3, -0.25) is 9.88 Å². The maximum Gasteiger partial charge on any atom is 0.339 e. The van der Waals surface area contributed by atoms with E-state index < -0.39 is 17.6 Å². The summed E-state index contributed by atoms with van der Waals surface area (Å²) in [5.74, 6) is -1.78. The van der Waals surface area contributed by atoms with Gasteiger partial charge in [-0.25, -0.2) is 23.5 Å². The van der Waals surface area contributed by atoms with Crippen LogP contribution in [0.15, 0.2) is 42.7 Å². The van der Waals surface area contributed by atoms with Crippen molar-refractivity contribution in [3.8, 4) is 0 Å². The third kappa shape index (κ3) is 5.80. The van der Waals surface area contributed by atoms with E-state index in [2.05, 4.69) is 29.3 Å². The number of aryl methyl sites for hydroxylation is 2. The number of aromatic carboxylic acids is 1. The van der Waals surface area contributed by atoms with Crippen molar-refractivity contribution in [3.63, 3.8) is 0 Å². The molecule has 0 radical (unpaired) electrons. The molecule has 0 spiro atoms. The van der Waals surface area contributed by atoms with Crippen LogP contribution in [0.25, 0.3) is 11.0 Å². The van der Waals surface area contributed by atoms with E-state index in [0.29, 0.717) is 24.0 Å².